The monoisotopic (exact) mass is 292 g/mol. The smallest absolute Gasteiger partial charge is 0.293 e. The Balaban J connectivity index is 2.17. The average molecular weight is 292 g/mol. The number of hydrogen-bond acceptors (Lipinski definition) is 3. The van der Waals surface area contributed by atoms with Crippen molar-refractivity contribution >= 4 is 5.91 Å². The number of aromatic nitrogens is 3. The molecule has 0 N–H and O–H groups in total. The first-order valence-corrected chi connectivity index (χ1v) is 6.96. The second-order valence-electron chi connectivity index (χ2n) is 5.07. The molecule has 1 aromatic heterocycles. The molecule has 1 amide bonds. The van der Waals surface area contributed by atoms with Gasteiger partial charge in [0.15, 0.2) is 5.82 Å². The van der Waals surface area contributed by atoms with Crippen LogP contribution in [0.2, 0.25) is 0 Å². The number of rotatable bonds is 3. The molecule has 0 fully saturated rings. The molecule has 2 aromatic carbocycles. The van der Waals surface area contributed by atoms with Crippen molar-refractivity contribution in [3.63, 3.8) is 0 Å². The third-order valence-corrected chi connectivity index (χ3v) is 3.24. The van der Waals surface area contributed by atoms with E-state index in [2.05, 4.69) is 10.1 Å². The lowest BCUT2D eigenvalue weighted by atomic mass is 10.2. The molecule has 0 saturated carbocycles. The highest BCUT2D eigenvalue weighted by Gasteiger charge is 2.19. The molecule has 5 nitrogen and oxygen atoms in total. The molecule has 1 heterocycles. The largest absolute Gasteiger partial charge is 0.342 e. The van der Waals surface area contributed by atoms with Crippen molar-refractivity contribution < 1.29 is 4.79 Å². The van der Waals surface area contributed by atoms with Crippen molar-refractivity contribution in [1.29, 1.82) is 0 Å². The van der Waals surface area contributed by atoms with Gasteiger partial charge in [-0.05, 0) is 12.1 Å². The van der Waals surface area contributed by atoms with Gasteiger partial charge < -0.3 is 4.90 Å². The number of carbonyl (C=O) groups is 1. The quantitative estimate of drug-likeness (QED) is 0.745. The predicted octanol–water partition coefficient (Wildman–Crippen LogP) is 2.64. The highest BCUT2D eigenvalue weighted by molar-refractivity contribution is 5.90. The summed E-state index contributed by atoms with van der Waals surface area (Å²) >= 11 is 0. The second-order valence-corrected chi connectivity index (χ2v) is 5.07. The number of nitrogens with zero attached hydrogens (tertiary/aromatic N) is 4. The van der Waals surface area contributed by atoms with Crippen molar-refractivity contribution in [2.24, 2.45) is 0 Å². The average Bonchev–Trinajstić information content (AvgIpc) is 3.01. The maximum Gasteiger partial charge on any atom is 0.293 e. The molecule has 0 aliphatic carbocycles. The normalized spacial score (nSPS) is 10.5. The summed E-state index contributed by atoms with van der Waals surface area (Å²) in [6, 6.07) is 19.4. The molecule has 22 heavy (non-hydrogen) atoms. The summed E-state index contributed by atoms with van der Waals surface area (Å²) in [6.45, 7) is 0. The molecule has 3 aromatic rings. The van der Waals surface area contributed by atoms with Crippen LogP contribution in [0.1, 0.15) is 10.6 Å². The van der Waals surface area contributed by atoms with Crippen LogP contribution in [0.25, 0.3) is 17.1 Å². The van der Waals surface area contributed by atoms with E-state index in [0.29, 0.717) is 5.82 Å². The molecule has 0 atom stereocenters. The fraction of sp³-hybridized carbons (Fsp3) is 0.118. The van der Waals surface area contributed by atoms with Crippen molar-refractivity contribution in [2.45, 2.75) is 0 Å². The van der Waals surface area contributed by atoms with Gasteiger partial charge in [0.05, 0.1) is 5.69 Å². The van der Waals surface area contributed by atoms with Gasteiger partial charge >= 0.3 is 0 Å². The van der Waals surface area contributed by atoms with Crippen molar-refractivity contribution in [3.8, 4) is 17.1 Å². The molecule has 0 unspecified atom stereocenters. The zero-order valence-electron chi connectivity index (χ0n) is 12.5. The number of benzene rings is 2. The Hall–Kier alpha value is -2.95. The second kappa shape index (κ2) is 5.81. The van der Waals surface area contributed by atoms with E-state index in [0.717, 1.165) is 11.3 Å². The molecular formula is C17H16N4O. The maximum absolute atomic E-state index is 12.2. The van der Waals surface area contributed by atoms with E-state index < -0.39 is 0 Å². The lowest BCUT2D eigenvalue weighted by Crippen LogP contribution is -2.23. The van der Waals surface area contributed by atoms with Crippen LogP contribution in [0.4, 0.5) is 0 Å². The third kappa shape index (κ3) is 2.61. The Morgan fingerprint density at radius 1 is 0.955 bits per heavy atom. The molecule has 110 valence electrons. The predicted molar refractivity (Wildman–Crippen MR) is 84.8 cm³/mol. The highest BCUT2D eigenvalue weighted by atomic mass is 16.2. The van der Waals surface area contributed by atoms with Crippen molar-refractivity contribution in [3.05, 3.63) is 66.5 Å². The standard InChI is InChI=1S/C17H16N4O/c1-20(2)17(22)15-18-16(13-9-5-3-6-10-13)21(19-15)14-11-7-4-8-12-14/h3-12H,1-2H3. The molecule has 0 saturated heterocycles. The van der Waals surface area contributed by atoms with E-state index in [4.69, 9.17) is 0 Å². The molecular weight excluding hydrogens is 276 g/mol. The van der Waals surface area contributed by atoms with Crippen LogP contribution in [0.15, 0.2) is 60.7 Å². The molecule has 0 radical (unpaired) electrons. The van der Waals surface area contributed by atoms with Gasteiger partial charge in [-0.2, -0.15) is 0 Å². The minimum atomic E-state index is -0.216. The zero-order chi connectivity index (χ0) is 15.5. The first-order chi connectivity index (χ1) is 10.7. The molecule has 0 bridgehead atoms. The Bertz CT molecular complexity index is 722. The number of carbonyl (C=O) groups excluding carboxylic acids is 1. The third-order valence-electron chi connectivity index (χ3n) is 3.24. The van der Waals surface area contributed by atoms with E-state index in [1.54, 1.807) is 18.8 Å². The van der Waals surface area contributed by atoms with E-state index in [-0.39, 0.29) is 11.7 Å². The van der Waals surface area contributed by atoms with E-state index in [1.807, 2.05) is 60.7 Å². The summed E-state index contributed by atoms with van der Waals surface area (Å²) in [5, 5.41) is 4.39. The van der Waals surface area contributed by atoms with Crippen LogP contribution in [0, 0.1) is 0 Å². The molecule has 0 aliphatic rings. The molecule has 3 rings (SSSR count). The van der Waals surface area contributed by atoms with Gasteiger partial charge in [0.25, 0.3) is 5.91 Å². The van der Waals surface area contributed by atoms with Crippen LogP contribution in [-0.4, -0.2) is 39.7 Å². The van der Waals surface area contributed by atoms with Crippen molar-refractivity contribution in [2.75, 3.05) is 14.1 Å². The highest BCUT2D eigenvalue weighted by Crippen LogP contribution is 2.21. The minimum Gasteiger partial charge on any atom is -0.342 e. The molecule has 0 spiro atoms. The van der Waals surface area contributed by atoms with Crippen LogP contribution in [0.3, 0.4) is 0 Å². The first kappa shape index (κ1) is 14.0. The van der Waals surface area contributed by atoms with Crippen molar-refractivity contribution in [1.82, 2.24) is 19.7 Å². The zero-order valence-corrected chi connectivity index (χ0v) is 12.5. The Labute approximate surface area is 128 Å². The summed E-state index contributed by atoms with van der Waals surface area (Å²) in [4.78, 5) is 18.1. The first-order valence-electron chi connectivity index (χ1n) is 6.96. The Morgan fingerprint density at radius 2 is 1.55 bits per heavy atom. The molecule has 0 aliphatic heterocycles. The maximum atomic E-state index is 12.2. The summed E-state index contributed by atoms with van der Waals surface area (Å²) in [5.41, 5.74) is 1.78. The minimum absolute atomic E-state index is 0.188. The lowest BCUT2D eigenvalue weighted by molar-refractivity contribution is 0.0816. The van der Waals surface area contributed by atoms with Gasteiger partial charge in [0.1, 0.15) is 0 Å². The van der Waals surface area contributed by atoms with E-state index in [9.17, 15) is 4.79 Å². The Morgan fingerprint density at radius 3 is 2.14 bits per heavy atom. The molecule has 5 heteroatoms. The topological polar surface area (TPSA) is 51.0 Å². The lowest BCUT2D eigenvalue weighted by Gasteiger charge is -2.06. The van der Waals surface area contributed by atoms with Crippen LogP contribution >= 0.6 is 0 Å². The van der Waals surface area contributed by atoms with Crippen LogP contribution < -0.4 is 0 Å². The Kier molecular flexibility index (Phi) is 3.70. The SMILES string of the molecule is CN(C)C(=O)c1nc(-c2ccccc2)n(-c2ccccc2)n1. The van der Waals surface area contributed by atoms with Crippen LogP contribution in [-0.2, 0) is 0 Å². The van der Waals surface area contributed by atoms with E-state index >= 15 is 0 Å². The van der Waals surface area contributed by atoms with Gasteiger partial charge in [0, 0.05) is 19.7 Å². The number of para-hydroxylation sites is 1. The summed E-state index contributed by atoms with van der Waals surface area (Å²) in [7, 11) is 3.38. The van der Waals surface area contributed by atoms with Crippen LogP contribution in [0.5, 0.6) is 0 Å². The summed E-state index contributed by atoms with van der Waals surface area (Å²) in [5.74, 6) is 0.622. The fourth-order valence-electron chi connectivity index (χ4n) is 2.13. The summed E-state index contributed by atoms with van der Waals surface area (Å²) in [6.07, 6.45) is 0. The summed E-state index contributed by atoms with van der Waals surface area (Å²) < 4.78 is 1.70. The fourth-order valence-corrected chi connectivity index (χ4v) is 2.13. The van der Waals surface area contributed by atoms with Gasteiger partial charge in [-0.25, -0.2) is 9.67 Å². The number of amides is 1. The van der Waals surface area contributed by atoms with Gasteiger partial charge in [-0.1, -0.05) is 48.5 Å². The van der Waals surface area contributed by atoms with E-state index in [1.165, 1.54) is 4.90 Å². The van der Waals surface area contributed by atoms with Gasteiger partial charge in [-0.3, -0.25) is 4.79 Å². The van der Waals surface area contributed by atoms with Gasteiger partial charge in [0.2, 0.25) is 5.82 Å². The number of hydrogen-bond donors (Lipinski definition) is 0. The van der Waals surface area contributed by atoms with Gasteiger partial charge in [-0.15, -0.1) is 5.10 Å².